The molecule has 0 bridgehead atoms. The number of hydrogen-bond acceptors (Lipinski definition) is 3. The summed E-state index contributed by atoms with van der Waals surface area (Å²) in [7, 11) is 0. The molecule has 0 spiro atoms. The second kappa shape index (κ2) is 5.61. The number of esters is 1. The predicted molar refractivity (Wildman–Crippen MR) is 80.6 cm³/mol. The normalized spacial score (nSPS) is 19.2. The van der Waals surface area contributed by atoms with Crippen LogP contribution in [0.3, 0.4) is 0 Å². The van der Waals surface area contributed by atoms with Gasteiger partial charge in [-0.3, -0.25) is 0 Å². The van der Waals surface area contributed by atoms with Crippen LogP contribution in [0, 0.1) is 0 Å². The molecule has 0 N–H and O–H groups in total. The third-order valence-electron chi connectivity index (χ3n) is 3.55. The number of nitrogens with zero attached hydrogens (tertiary/aromatic N) is 1. The van der Waals surface area contributed by atoms with Gasteiger partial charge < -0.3 is 9.64 Å². The van der Waals surface area contributed by atoms with E-state index in [1.165, 1.54) is 18.2 Å². The van der Waals surface area contributed by atoms with Crippen molar-refractivity contribution in [3.63, 3.8) is 0 Å². The third-order valence-corrected chi connectivity index (χ3v) is 3.55. The molecule has 2 aliphatic rings. The molecule has 6 heteroatoms. The SMILES string of the molecule is [2H]C([2H])([2H])N1C2=CC=CCC2=C(C(=O)OCC(F)(F)F)c2ccccc21. The number of allylic oxidation sites excluding steroid dienone is 4. The Balaban J connectivity index is 2.14. The second-order valence-electron chi connectivity index (χ2n) is 5.08. The number of fused-ring (bicyclic) bond motifs is 2. The fourth-order valence-corrected chi connectivity index (χ4v) is 2.61. The molecule has 0 fully saturated rings. The fourth-order valence-electron chi connectivity index (χ4n) is 2.61. The van der Waals surface area contributed by atoms with Gasteiger partial charge >= 0.3 is 12.1 Å². The van der Waals surface area contributed by atoms with Crippen LogP contribution < -0.4 is 4.90 Å². The summed E-state index contributed by atoms with van der Waals surface area (Å²) in [6, 6.07) is 6.19. The predicted octanol–water partition coefficient (Wildman–Crippen LogP) is 3.84. The highest BCUT2D eigenvalue weighted by molar-refractivity contribution is 6.21. The number of alkyl halides is 3. The first kappa shape index (κ1) is 12.0. The standard InChI is InChI=1S/C17H14F3NO2/c1-21-13-8-4-2-6-11(13)15(12-7-3-5-9-14(12)21)16(22)23-10-17(18,19)20/h2-6,8-9H,7,10H2,1H3/i1D3. The summed E-state index contributed by atoms with van der Waals surface area (Å²) < 4.78 is 65.2. The summed E-state index contributed by atoms with van der Waals surface area (Å²) in [5, 5.41) is 0. The Kier molecular flexibility index (Phi) is 2.92. The van der Waals surface area contributed by atoms with Crippen molar-refractivity contribution in [3.05, 3.63) is 59.3 Å². The quantitative estimate of drug-likeness (QED) is 0.774. The molecule has 1 aromatic rings. The van der Waals surface area contributed by atoms with Crippen LogP contribution >= 0.6 is 0 Å². The fraction of sp³-hybridized carbons (Fsp3) is 0.235. The zero-order valence-electron chi connectivity index (χ0n) is 14.9. The monoisotopic (exact) mass is 324 g/mol. The van der Waals surface area contributed by atoms with E-state index in [1.54, 1.807) is 24.3 Å². The molecule has 1 heterocycles. The van der Waals surface area contributed by atoms with E-state index in [2.05, 4.69) is 4.74 Å². The maximum Gasteiger partial charge on any atom is 0.422 e. The van der Waals surface area contributed by atoms with Crippen LogP contribution in [0.25, 0.3) is 5.57 Å². The lowest BCUT2D eigenvalue weighted by atomic mass is 9.87. The molecule has 23 heavy (non-hydrogen) atoms. The summed E-state index contributed by atoms with van der Waals surface area (Å²) in [6.45, 7) is -4.23. The average molecular weight is 324 g/mol. The average Bonchev–Trinajstić information content (AvgIpc) is 2.55. The van der Waals surface area contributed by atoms with Gasteiger partial charge in [0.1, 0.15) is 0 Å². The van der Waals surface area contributed by atoms with Crippen molar-refractivity contribution >= 4 is 17.2 Å². The van der Waals surface area contributed by atoms with E-state index < -0.39 is 25.7 Å². The van der Waals surface area contributed by atoms with Gasteiger partial charge in [0.15, 0.2) is 6.61 Å². The number of anilines is 1. The maximum absolute atomic E-state index is 12.4. The van der Waals surface area contributed by atoms with Crippen molar-refractivity contribution in [2.45, 2.75) is 12.6 Å². The van der Waals surface area contributed by atoms with Crippen molar-refractivity contribution in [1.29, 1.82) is 0 Å². The summed E-state index contributed by atoms with van der Waals surface area (Å²) >= 11 is 0. The summed E-state index contributed by atoms with van der Waals surface area (Å²) in [5.41, 5.74) is 0.996. The minimum absolute atomic E-state index is 0.0408. The number of hydrogen-bond donors (Lipinski definition) is 0. The van der Waals surface area contributed by atoms with E-state index in [9.17, 15) is 18.0 Å². The van der Waals surface area contributed by atoms with Crippen LogP contribution in [0.4, 0.5) is 18.9 Å². The van der Waals surface area contributed by atoms with Crippen molar-refractivity contribution in [2.24, 2.45) is 0 Å². The van der Waals surface area contributed by atoms with Crippen LogP contribution in [-0.2, 0) is 9.53 Å². The van der Waals surface area contributed by atoms with Gasteiger partial charge in [0, 0.05) is 28.0 Å². The van der Waals surface area contributed by atoms with Crippen molar-refractivity contribution in [1.82, 2.24) is 0 Å². The van der Waals surface area contributed by atoms with E-state index in [0.717, 1.165) is 4.90 Å². The van der Waals surface area contributed by atoms with Crippen molar-refractivity contribution < 1.29 is 26.8 Å². The van der Waals surface area contributed by atoms with Crippen LogP contribution in [0.15, 0.2) is 53.8 Å². The summed E-state index contributed by atoms with van der Waals surface area (Å²) in [4.78, 5) is 13.5. The van der Waals surface area contributed by atoms with Crippen LogP contribution in [0.5, 0.6) is 0 Å². The molecule has 0 unspecified atom stereocenters. The van der Waals surface area contributed by atoms with Crippen LogP contribution in [0.2, 0.25) is 0 Å². The number of benzene rings is 1. The maximum atomic E-state index is 12.4. The zero-order chi connectivity index (χ0) is 19.1. The van der Waals surface area contributed by atoms with E-state index in [1.807, 2.05) is 0 Å². The van der Waals surface area contributed by atoms with E-state index in [-0.39, 0.29) is 28.9 Å². The number of halogens is 3. The third kappa shape index (κ3) is 2.88. The lowest BCUT2D eigenvalue weighted by Crippen LogP contribution is -2.28. The molecular weight excluding hydrogens is 307 g/mol. The first-order valence-corrected chi connectivity index (χ1v) is 6.83. The molecular formula is C17H14F3NO2. The van der Waals surface area contributed by atoms with Crippen molar-refractivity contribution in [2.75, 3.05) is 18.5 Å². The molecule has 0 saturated carbocycles. The molecule has 120 valence electrons. The Morgan fingerprint density at radius 1 is 1.39 bits per heavy atom. The first-order valence-electron chi connectivity index (χ1n) is 8.33. The minimum atomic E-state index is -4.65. The van der Waals surface area contributed by atoms with Crippen molar-refractivity contribution in [3.8, 4) is 0 Å². The Morgan fingerprint density at radius 3 is 2.91 bits per heavy atom. The molecule has 1 aliphatic carbocycles. The van der Waals surface area contributed by atoms with Crippen LogP contribution in [0.1, 0.15) is 16.1 Å². The smallest absolute Gasteiger partial charge is 0.422 e. The van der Waals surface area contributed by atoms with Gasteiger partial charge in [-0.05, 0) is 24.1 Å². The van der Waals surface area contributed by atoms with Gasteiger partial charge in [-0.1, -0.05) is 30.4 Å². The van der Waals surface area contributed by atoms with Gasteiger partial charge in [0.25, 0.3) is 0 Å². The van der Waals surface area contributed by atoms with E-state index >= 15 is 0 Å². The molecule has 0 radical (unpaired) electrons. The van der Waals surface area contributed by atoms with Gasteiger partial charge in [-0.2, -0.15) is 13.2 Å². The summed E-state index contributed by atoms with van der Waals surface area (Å²) in [6.07, 6.45) is 0.429. The highest BCUT2D eigenvalue weighted by Crippen LogP contribution is 2.42. The Hall–Kier alpha value is -2.50. The molecule has 0 atom stereocenters. The van der Waals surface area contributed by atoms with Gasteiger partial charge in [-0.25, -0.2) is 4.79 Å². The van der Waals surface area contributed by atoms with Gasteiger partial charge in [-0.15, -0.1) is 0 Å². The topological polar surface area (TPSA) is 29.5 Å². The molecule has 0 aromatic heterocycles. The largest absolute Gasteiger partial charge is 0.452 e. The van der Waals surface area contributed by atoms with Crippen LogP contribution in [-0.4, -0.2) is 25.7 Å². The molecule has 0 saturated heterocycles. The number of carbonyl (C=O) groups is 1. The van der Waals surface area contributed by atoms with E-state index in [4.69, 9.17) is 4.11 Å². The lowest BCUT2D eigenvalue weighted by molar-refractivity contribution is -0.182. The molecule has 1 aliphatic heterocycles. The Labute approximate surface area is 135 Å². The lowest BCUT2D eigenvalue weighted by Gasteiger charge is -2.34. The minimum Gasteiger partial charge on any atom is -0.452 e. The van der Waals surface area contributed by atoms with E-state index in [0.29, 0.717) is 5.57 Å². The number of ether oxygens (including phenoxy) is 1. The Morgan fingerprint density at radius 2 is 2.17 bits per heavy atom. The Bertz CT molecular complexity index is 838. The summed E-state index contributed by atoms with van der Waals surface area (Å²) in [5.74, 6) is -1.13. The van der Waals surface area contributed by atoms with Gasteiger partial charge in [0.05, 0.1) is 5.57 Å². The number of rotatable bonds is 2. The molecule has 3 rings (SSSR count). The highest BCUT2D eigenvalue weighted by atomic mass is 19.4. The number of carbonyl (C=O) groups excluding carboxylic acids is 1. The highest BCUT2D eigenvalue weighted by Gasteiger charge is 2.34. The zero-order valence-corrected chi connectivity index (χ0v) is 11.9. The molecule has 3 nitrogen and oxygen atoms in total. The molecule has 0 amide bonds. The molecule has 1 aromatic carbocycles. The first-order chi connectivity index (χ1) is 12.1. The van der Waals surface area contributed by atoms with Gasteiger partial charge in [0.2, 0.25) is 0 Å². The number of likely N-dealkylation sites (N-methyl/N-ethyl adjacent to an activating group) is 1. The second-order valence-corrected chi connectivity index (χ2v) is 5.08. The number of para-hydroxylation sites is 1.